The van der Waals surface area contributed by atoms with Gasteiger partial charge in [-0.25, -0.2) is 8.42 Å². The molecule has 0 aliphatic carbocycles. The Labute approximate surface area is 172 Å². The van der Waals surface area contributed by atoms with Crippen molar-refractivity contribution in [3.05, 3.63) is 99.5 Å². The summed E-state index contributed by atoms with van der Waals surface area (Å²) in [5.41, 5.74) is 1.27. The molecule has 0 atom stereocenters. The molecule has 1 aliphatic heterocycles. The van der Waals surface area contributed by atoms with Crippen molar-refractivity contribution in [3.63, 3.8) is 0 Å². The van der Waals surface area contributed by atoms with E-state index in [2.05, 4.69) is 0 Å². The van der Waals surface area contributed by atoms with Gasteiger partial charge in [-0.05, 0) is 30.3 Å². The fourth-order valence-corrected chi connectivity index (χ4v) is 5.12. The average molecular weight is 430 g/mol. The zero-order valence-electron chi connectivity index (χ0n) is 14.3. The number of sulfone groups is 1. The lowest BCUT2D eigenvalue weighted by molar-refractivity contribution is 0.104. The SMILES string of the molecule is O=C(C1=CN(c2cc(Cl)cc(Cl)c2)c2ccccc2S1(=O)=O)c1ccccc1. The molecule has 28 heavy (non-hydrogen) atoms. The van der Waals surface area contributed by atoms with Crippen LogP contribution in [0.25, 0.3) is 0 Å². The lowest BCUT2D eigenvalue weighted by atomic mass is 10.1. The van der Waals surface area contributed by atoms with E-state index in [1.54, 1.807) is 71.6 Å². The largest absolute Gasteiger partial charge is 0.314 e. The molecule has 1 aliphatic rings. The van der Waals surface area contributed by atoms with Gasteiger partial charge in [-0.15, -0.1) is 0 Å². The summed E-state index contributed by atoms with van der Waals surface area (Å²) in [6.07, 6.45) is 1.33. The molecule has 3 aromatic carbocycles. The maximum atomic E-state index is 13.2. The van der Waals surface area contributed by atoms with Crippen molar-refractivity contribution in [1.82, 2.24) is 0 Å². The highest BCUT2D eigenvalue weighted by molar-refractivity contribution is 7.96. The summed E-state index contributed by atoms with van der Waals surface area (Å²) in [6.45, 7) is 0. The van der Waals surface area contributed by atoms with E-state index in [0.717, 1.165) is 0 Å². The highest BCUT2D eigenvalue weighted by Gasteiger charge is 2.36. The number of carbonyl (C=O) groups excluding carboxylic acids is 1. The normalized spacial score (nSPS) is 14.9. The number of rotatable bonds is 3. The van der Waals surface area contributed by atoms with E-state index >= 15 is 0 Å². The fourth-order valence-electron chi connectivity index (χ4n) is 3.06. The van der Waals surface area contributed by atoms with Crippen LogP contribution in [-0.4, -0.2) is 14.2 Å². The Morgan fingerprint density at radius 1 is 0.821 bits per heavy atom. The van der Waals surface area contributed by atoms with Gasteiger partial charge in [0.05, 0.1) is 10.6 Å². The van der Waals surface area contributed by atoms with Crippen LogP contribution in [0.15, 0.2) is 88.8 Å². The molecule has 0 saturated heterocycles. The second kappa shape index (κ2) is 7.09. The van der Waals surface area contributed by atoms with Crippen molar-refractivity contribution < 1.29 is 13.2 Å². The minimum absolute atomic E-state index is 0.0490. The van der Waals surface area contributed by atoms with Crippen molar-refractivity contribution in [2.45, 2.75) is 4.90 Å². The van der Waals surface area contributed by atoms with Crippen LogP contribution in [0.1, 0.15) is 10.4 Å². The van der Waals surface area contributed by atoms with Gasteiger partial charge in [-0.1, -0.05) is 65.7 Å². The molecule has 3 aromatic rings. The first-order valence-electron chi connectivity index (χ1n) is 8.29. The molecule has 0 aromatic heterocycles. The number of allylic oxidation sites excluding steroid dienone is 1. The van der Waals surface area contributed by atoms with Gasteiger partial charge in [0.25, 0.3) is 0 Å². The van der Waals surface area contributed by atoms with Gasteiger partial charge in [0.2, 0.25) is 15.6 Å². The van der Waals surface area contributed by atoms with E-state index in [1.807, 2.05) is 0 Å². The molecule has 0 amide bonds. The minimum atomic E-state index is -3.99. The van der Waals surface area contributed by atoms with Gasteiger partial charge in [0.1, 0.15) is 4.91 Å². The van der Waals surface area contributed by atoms with E-state index in [0.29, 0.717) is 27.0 Å². The summed E-state index contributed by atoms with van der Waals surface area (Å²) in [5, 5.41) is 0.801. The number of para-hydroxylation sites is 1. The Morgan fingerprint density at radius 3 is 2.11 bits per heavy atom. The molecule has 140 valence electrons. The smallest absolute Gasteiger partial charge is 0.214 e. The van der Waals surface area contributed by atoms with Crippen LogP contribution >= 0.6 is 23.2 Å². The van der Waals surface area contributed by atoms with Crippen molar-refractivity contribution in [2.75, 3.05) is 4.90 Å². The molecule has 0 spiro atoms. The number of hydrogen-bond acceptors (Lipinski definition) is 4. The van der Waals surface area contributed by atoms with Crippen LogP contribution < -0.4 is 4.90 Å². The summed E-state index contributed by atoms with van der Waals surface area (Å²) in [6, 6.07) is 19.7. The molecule has 0 unspecified atom stereocenters. The van der Waals surface area contributed by atoms with E-state index in [9.17, 15) is 13.2 Å². The molecule has 0 saturated carbocycles. The standard InChI is InChI=1S/C21H13Cl2NO3S/c22-15-10-16(23)12-17(11-15)24-13-20(21(25)14-6-2-1-3-7-14)28(26,27)19-9-5-4-8-18(19)24/h1-13H. The molecule has 4 rings (SSSR count). The quantitative estimate of drug-likeness (QED) is 0.505. The summed E-state index contributed by atoms with van der Waals surface area (Å²) in [5.74, 6) is -0.576. The Bertz CT molecular complexity index is 1200. The minimum Gasteiger partial charge on any atom is -0.314 e. The molecule has 0 fully saturated rings. The zero-order chi connectivity index (χ0) is 19.9. The number of nitrogens with zero attached hydrogens (tertiary/aromatic N) is 1. The van der Waals surface area contributed by atoms with Gasteiger partial charge in [-0.3, -0.25) is 4.79 Å². The third-order valence-corrected chi connectivity index (χ3v) is 6.57. The molecule has 4 nitrogen and oxygen atoms in total. The Hall–Kier alpha value is -2.60. The first kappa shape index (κ1) is 18.7. The van der Waals surface area contributed by atoms with Crippen LogP contribution in [-0.2, 0) is 9.84 Å². The lowest BCUT2D eigenvalue weighted by Gasteiger charge is -2.29. The Balaban J connectivity index is 1.95. The Kier molecular flexibility index (Phi) is 4.75. The molecule has 7 heteroatoms. The van der Waals surface area contributed by atoms with Crippen LogP contribution in [0, 0.1) is 0 Å². The predicted octanol–water partition coefficient (Wildman–Crippen LogP) is 5.64. The van der Waals surface area contributed by atoms with E-state index in [1.165, 1.54) is 12.3 Å². The fraction of sp³-hybridized carbons (Fsp3) is 0. The first-order chi connectivity index (χ1) is 13.4. The Morgan fingerprint density at radius 2 is 1.43 bits per heavy atom. The molecule has 0 radical (unpaired) electrons. The van der Waals surface area contributed by atoms with Crippen molar-refractivity contribution in [3.8, 4) is 0 Å². The monoisotopic (exact) mass is 429 g/mol. The van der Waals surface area contributed by atoms with Crippen molar-refractivity contribution in [2.24, 2.45) is 0 Å². The highest BCUT2D eigenvalue weighted by atomic mass is 35.5. The summed E-state index contributed by atoms with van der Waals surface area (Å²) in [4.78, 5) is 14.4. The van der Waals surface area contributed by atoms with E-state index in [4.69, 9.17) is 23.2 Å². The number of Topliss-reactive ketones (excluding diaryl/α,β-unsaturated/α-hetero) is 1. The third-order valence-electron chi connectivity index (χ3n) is 4.34. The number of anilines is 2. The number of ketones is 1. The van der Waals surface area contributed by atoms with E-state index in [-0.39, 0.29) is 9.80 Å². The summed E-state index contributed by atoms with van der Waals surface area (Å²) >= 11 is 12.3. The average Bonchev–Trinajstić information content (AvgIpc) is 2.67. The molecule has 0 N–H and O–H groups in total. The van der Waals surface area contributed by atoms with E-state index < -0.39 is 15.6 Å². The lowest BCUT2D eigenvalue weighted by Crippen LogP contribution is -2.25. The summed E-state index contributed by atoms with van der Waals surface area (Å²) < 4.78 is 26.3. The van der Waals surface area contributed by atoms with Crippen molar-refractivity contribution >= 4 is 50.2 Å². The maximum Gasteiger partial charge on any atom is 0.214 e. The van der Waals surface area contributed by atoms with Gasteiger partial charge < -0.3 is 4.90 Å². The topological polar surface area (TPSA) is 54.5 Å². The van der Waals surface area contributed by atoms with Gasteiger partial charge in [0, 0.05) is 27.5 Å². The van der Waals surface area contributed by atoms with Crippen LogP contribution in [0.5, 0.6) is 0 Å². The van der Waals surface area contributed by atoms with Crippen molar-refractivity contribution in [1.29, 1.82) is 0 Å². The molecule has 1 heterocycles. The molecular weight excluding hydrogens is 417 g/mol. The van der Waals surface area contributed by atoms with Gasteiger partial charge in [-0.2, -0.15) is 0 Å². The van der Waals surface area contributed by atoms with Gasteiger partial charge >= 0.3 is 0 Å². The highest BCUT2D eigenvalue weighted by Crippen LogP contribution is 2.41. The number of carbonyl (C=O) groups is 1. The molecule has 0 bridgehead atoms. The number of halogens is 2. The summed E-state index contributed by atoms with van der Waals surface area (Å²) in [7, 11) is -3.99. The number of hydrogen-bond donors (Lipinski definition) is 0. The molecular formula is C21H13Cl2NO3S. The second-order valence-electron chi connectivity index (χ2n) is 6.16. The zero-order valence-corrected chi connectivity index (χ0v) is 16.7. The predicted molar refractivity (Wildman–Crippen MR) is 111 cm³/mol. The van der Waals surface area contributed by atoms with Crippen LogP contribution in [0.4, 0.5) is 11.4 Å². The van der Waals surface area contributed by atoms with Gasteiger partial charge in [0.15, 0.2) is 0 Å². The first-order valence-corrected chi connectivity index (χ1v) is 10.5. The number of benzene rings is 3. The number of fused-ring (bicyclic) bond motifs is 1. The third kappa shape index (κ3) is 3.22. The van der Waals surface area contributed by atoms with Crippen LogP contribution in [0.3, 0.4) is 0 Å². The second-order valence-corrected chi connectivity index (χ2v) is 8.92. The maximum absolute atomic E-state index is 13.2. The van der Waals surface area contributed by atoms with Crippen LogP contribution in [0.2, 0.25) is 10.0 Å².